The number of fused-ring (bicyclic) bond motifs is 1. The van der Waals surface area contributed by atoms with Gasteiger partial charge in [-0.1, -0.05) is 30.3 Å². The average Bonchev–Trinajstić information content (AvgIpc) is 3.00. The second-order valence-electron chi connectivity index (χ2n) is 6.54. The number of rotatable bonds is 7. The molecule has 0 aliphatic rings. The molecule has 0 spiro atoms. The molecule has 0 aliphatic carbocycles. The Balaban J connectivity index is 1.99. The van der Waals surface area contributed by atoms with Gasteiger partial charge in [-0.25, -0.2) is 4.39 Å². The fraction of sp³-hybridized carbons (Fsp3) is 0.333. The van der Waals surface area contributed by atoms with Gasteiger partial charge in [-0.3, -0.25) is 0 Å². The summed E-state index contributed by atoms with van der Waals surface area (Å²) in [6, 6.07) is 13.3. The summed E-state index contributed by atoms with van der Waals surface area (Å²) in [6.07, 6.45) is 2.92. The van der Waals surface area contributed by atoms with E-state index in [4.69, 9.17) is 4.74 Å². The number of halogens is 1. The third-order valence-electron chi connectivity index (χ3n) is 4.42. The SMILES string of the molecule is CCn1cc(CCN(C)C)c2c(OCc3ccccc3)ccc(F)c21. The Morgan fingerprint density at radius 1 is 1.08 bits per heavy atom. The zero-order chi connectivity index (χ0) is 17.8. The Morgan fingerprint density at radius 2 is 1.84 bits per heavy atom. The summed E-state index contributed by atoms with van der Waals surface area (Å²) in [7, 11) is 4.10. The zero-order valence-electron chi connectivity index (χ0n) is 15.1. The van der Waals surface area contributed by atoms with E-state index >= 15 is 0 Å². The smallest absolute Gasteiger partial charge is 0.147 e. The van der Waals surface area contributed by atoms with Crippen molar-refractivity contribution in [1.29, 1.82) is 0 Å². The van der Waals surface area contributed by atoms with E-state index < -0.39 is 0 Å². The Hall–Kier alpha value is -2.33. The van der Waals surface area contributed by atoms with Gasteiger partial charge in [0.1, 0.15) is 18.2 Å². The molecule has 0 N–H and O–H groups in total. The van der Waals surface area contributed by atoms with Crippen molar-refractivity contribution in [3.8, 4) is 5.75 Å². The van der Waals surface area contributed by atoms with Gasteiger partial charge in [-0.2, -0.15) is 0 Å². The first kappa shape index (κ1) is 17.5. The number of hydrogen-bond donors (Lipinski definition) is 0. The molecular formula is C21H25FN2O. The van der Waals surface area contributed by atoms with E-state index in [-0.39, 0.29) is 5.82 Å². The van der Waals surface area contributed by atoms with Crippen LogP contribution in [0.3, 0.4) is 0 Å². The van der Waals surface area contributed by atoms with Gasteiger partial charge >= 0.3 is 0 Å². The molecule has 4 heteroatoms. The number of benzene rings is 2. The lowest BCUT2D eigenvalue weighted by molar-refractivity contribution is 0.309. The van der Waals surface area contributed by atoms with Gasteiger partial charge in [0.25, 0.3) is 0 Å². The number of hydrogen-bond acceptors (Lipinski definition) is 2. The van der Waals surface area contributed by atoms with Crippen molar-refractivity contribution < 1.29 is 9.13 Å². The van der Waals surface area contributed by atoms with Gasteiger partial charge in [0.15, 0.2) is 0 Å². The minimum Gasteiger partial charge on any atom is -0.488 e. The summed E-state index contributed by atoms with van der Waals surface area (Å²) in [4.78, 5) is 2.14. The van der Waals surface area contributed by atoms with E-state index in [2.05, 4.69) is 11.1 Å². The fourth-order valence-corrected chi connectivity index (χ4v) is 3.09. The highest BCUT2D eigenvalue weighted by atomic mass is 19.1. The molecule has 0 bridgehead atoms. The number of aromatic nitrogens is 1. The third-order valence-corrected chi connectivity index (χ3v) is 4.42. The van der Waals surface area contributed by atoms with Crippen molar-refractivity contribution in [2.45, 2.75) is 26.5 Å². The van der Waals surface area contributed by atoms with Crippen LogP contribution in [0.15, 0.2) is 48.7 Å². The van der Waals surface area contributed by atoms with Crippen LogP contribution in [-0.2, 0) is 19.6 Å². The molecule has 0 saturated carbocycles. The molecule has 25 heavy (non-hydrogen) atoms. The number of aryl methyl sites for hydroxylation is 1. The maximum atomic E-state index is 14.5. The monoisotopic (exact) mass is 340 g/mol. The lowest BCUT2D eigenvalue weighted by Gasteiger charge is -2.12. The second-order valence-corrected chi connectivity index (χ2v) is 6.54. The maximum Gasteiger partial charge on any atom is 0.147 e. The van der Waals surface area contributed by atoms with Crippen molar-refractivity contribution in [1.82, 2.24) is 9.47 Å². The Morgan fingerprint density at radius 3 is 2.52 bits per heavy atom. The molecule has 0 fully saturated rings. The van der Waals surface area contributed by atoms with Gasteiger partial charge in [0.05, 0.1) is 5.52 Å². The molecule has 0 amide bonds. The van der Waals surface area contributed by atoms with Crippen molar-refractivity contribution in [2.75, 3.05) is 20.6 Å². The maximum absolute atomic E-state index is 14.5. The lowest BCUT2D eigenvalue weighted by Crippen LogP contribution is -2.15. The minimum atomic E-state index is -0.194. The van der Waals surface area contributed by atoms with Gasteiger partial charge in [-0.15, -0.1) is 0 Å². The average molecular weight is 340 g/mol. The van der Waals surface area contributed by atoms with Crippen molar-refractivity contribution >= 4 is 10.9 Å². The molecule has 1 aromatic heterocycles. The van der Waals surface area contributed by atoms with Crippen LogP contribution < -0.4 is 4.74 Å². The minimum absolute atomic E-state index is 0.194. The predicted octanol–water partition coefficient (Wildman–Crippen LogP) is 4.48. The molecule has 0 radical (unpaired) electrons. The van der Waals surface area contributed by atoms with Crippen LogP contribution in [0.5, 0.6) is 5.75 Å². The molecule has 1 heterocycles. The Kier molecular flexibility index (Phi) is 5.39. The number of ether oxygens (including phenoxy) is 1. The summed E-state index contributed by atoms with van der Waals surface area (Å²) >= 11 is 0. The van der Waals surface area contributed by atoms with E-state index in [0.29, 0.717) is 12.1 Å². The summed E-state index contributed by atoms with van der Waals surface area (Å²) in [5, 5.41) is 0.902. The second kappa shape index (κ2) is 7.70. The summed E-state index contributed by atoms with van der Waals surface area (Å²) < 4.78 is 22.6. The van der Waals surface area contributed by atoms with Crippen LogP contribution in [-0.4, -0.2) is 30.1 Å². The molecular weight excluding hydrogens is 315 g/mol. The van der Waals surface area contributed by atoms with E-state index in [9.17, 15) is 4.39 Å². The van der Waals surface area contributed by atoms with Crippen LogP contribution in [0.4, 0.5) is 4.39 Å². The number of likely N-dealkylation sites (N-methyl/N-ethyl adjacent to an activating group) is 1. The van der Waals surface area contributed by atoms with Gasteiger partial charge < -0.3 is 14.2 Å². The zero-order valence-corrected chi connectivity index (χ0v) is 15.1. The topological polar surface area (TPSA) is 17.4 Å². The van der Waals surface area contributed by atoms with Gasteiger partial charge in [0, 0.05) is 24.7 Å². The van der Waals surface area contributed by atoms with Crippen LogP contribution >= 0.6 is 0 Å². The van der Waals surface area contributed by atoms with E-state index in [0.717, 1.165) is 41.8 Å². The summed E-state index contributed by atoms with van der Waals surface area (Å²) in [5.41, 5.74) is 2.87. The Labute approximate surface area is 148 Å². The molecule has 0 unspecified atom stereocenters. The van der Waals surface area contributed by atoms with E-state index in [1.54, 1.807) is 6.07 Å². The van der Waals surface area contributed by atoms with Crippen molar-refractivity contribution in [2.24, 2.45) is 0 Å². The highest BCUT2D eigenvalue weighted by Crippen LogP contribution is 2.33. The third kappa shape index (κ3) is 3.85. The molecule has 132 valence electrons. The molecule has 3 aromatic rings. The summed E-state index contributed by atoms with van der Waals surface area (Å²) in [5.74, 6) is 0.557. The standard InChI is InChI=1S/C21H25FN2O/c1-4-24-14-17(12-13-23(2)3)20-19(11-10-18(22)21(20)24)25-15-16-8-6-5-7-9-16/h5-11,14H,4,12-13,15H2,1-3H3. The first-order chi connectivity index (χ1) is 12.1. The number of nitrogens with zero attached hydrogens (tertiary/aromatic N) is 2. The van der Waals surface area contributed by atoms with Crippen molar-refractivity contribution in [3.63, 3.8) is 0 Å². The van der Waals surface area contributed by atoms with Crippen LogP contribution in [0.1, 0.15) is 18.1 Å². The first-order valence-electron chi connectivity index (χ1n) is 8.71. The molecule has 0 aliphatic heterocycles. The summed E-state index contributed by atoms with van der Waals surface area (Å²) in [6.45, 7) is 4.16. The Bertz CT molecular complexity index is 840. The molecule has 0 atom stereocenters. The molecule has 2 aromatic carbocycles. The highest BCUT2D eigenvalue weighted by molar-refractivity contribution is 5.90. The van der Waals surface area contributed by atoms with Crippen LogP contribution in [0.25, 0.3) is 10.9 Å². The molecule has 3 nitrogen and oxygen atoms in total. The fourth-order valence-electron chi connectivity index (χ4n) is 3.09. The highest BCUT2D eigenvalue weighted by Gasteiger charge is 2.17. The van der Waals surface area contributed by atoms with Crippen LogP contribution in [0.2, 0.25) is 0 Å². The van der Waals surface area contributed by atoms with E-state index in [1.807, 2.05) is 55.9 Å². The van der Waals surface area contributed by atoms with E-state index in [1.165, 1.54) is 6.07 Å². The normalized spacial score (nSPS) is 11.4. The van der Waals surface area contributed by atoms with Crippen molar-refractivity contribution in [3.05, 3.63) is 65.6 Å². The molecule has 3 rings (SSSR count). The first-order valence-corrected chi connectivity index (χ1v) is 8.71. The van der Waals surface area contributed by atoms with Gasteiger partial charge in [-0.05, 0) is 50.7 Å². The van der Waals surface area contributed by atoms with Crippen LogP contribution in [0, 0.1) is 5.82 Å². The predicted molar refractivity (Wildman–Crippen MR) is 101 cm³/mol. The molecule has 0 saturated heterocycles. The lowest BCUT2D eigenvalue weighted by atomic mass is 10.1. The largest absolute Gasteiger partial charge is 0.488 e. The quantitative estimate of drug-likeness (QED) is 0.631. The van der Waals surface area contributed by atoms with Gasteiger partial charge in [0.2, 0.25) is 0 Å².